The monoisotopic (exact) mass is 544 g/mol. The minimum atomic E-state index is -0.936. The summed E-state index contributed by atoms with van der Waals surface area (Å²) in [5.41, 5.74) is 4.53. The average molecular weight is 545 g/mol. The topological polar surface area (TPSA) is 131 Å². The number of carbonyl (C=O) groups is 3. The van der Waals surface area contributed by atoms with Gasteiger partial charge in [-0.2, -0.15) is 0 Å². The molecule has 3 aromatic carbocycles. The van der Waals surface area contributed by atoms with Gasteiger partial charge in [0.15, 0.2) is 0 Å². The van der Waals surface area contributed by atoms with Crippen LogP contribution < -0.4 is 10.2 Å². The molecule has 1 atom stereocenters. The number of rotatable bonds is 7. The third-order valence-electron chi connectivity index (χ3n) is 6.14. The molecule has 1 aliphatic rings. The van der Waals surface area contributed by atoms with Crippen molar-refractivity contribution in [3.8, 4) is 11.1 Å². The van der Waals surface area contributed by atoms with Gasteiger partial charge < -0.3 is 19.5 Å². The number of ether oxygens (including phenoxy) is 3. The van der Waals surface area contributed by atoms with Gasteiger partial charge in [0.2, 0.25) is 0 Å². The number of carbonyl (C=O) groups excluding carboxylic acids is 3. The van der Waals surface area contributed by atoms with E-state index in [1.54, 1.807) is 57.2 Å². The smallest absolute Gasteiger partial charge is 0.460 e. The zero-order chi connectivity index (χ0) is 28.3. The lowest BCUT2D eigenvalue weighted by Crippen LogP contribution is -2.34. The number of nitrogens with one attached hydrogen (secondary N) is 1. The zero-order valence-electron chi connectivity index (χ0n) is 22.2. The SMILES string of the molecule is CC(C)(C)OC(=O)NCCOC(=O)c1ccc2c(c1)C(COC(=O)On1nnc3ccccc31)c1ccccc1-2. The van der Waals surface area contributed by atoms with Crippen molar-refractivity contribution in [2.45, 2.75) is 32.3 Å². The number of aromatic nitrogens is 3. The van der Waals surface area contributed by atoms with Crippen LogP contribution in [0.2, 0.25) is 0 Å². The number of fused-ring (bicyclic) bond motifs is 4. The Balaban J connectivity index is 1.24. The van der Waals surface area contributed by atoms with E-state index in [1.165, 1.54) is 0 Å². The van der Waals surface area contributed by atoms with Crippen molar-refractivity contribution in [1.82, 2.24) is 20.5 Å². The molecule has 11 heteroatoms. The van der Waals surface area contributed by atoms with Crippen molar-refractivity contribution in [2.24, 2.45) is 0 Å². The molecule has 1 unspecified atom stereocenters. The molecule has 1 aliphatic carbocycles. The standard InChI is InChI=1S/C29H28N4O7/c1-29(2,3)39-27(35)30-14-15-37-26(34)18-12-13-21-19-8-4-5-9-20(19)23(22(21)16-18)17-38-28(36)40-33-25-11-7-6-10-24(25)31-32-33/h4-13,16,23H,14-15,17H2,1-3H3,(H,30,35). The maximum Gasteiger partial charge on any atom is 0.535 e. The molecule has 0 saturated heterocycles. The van der Waals surface area contributed by atoms with E-state index in [1.807, 2.05) is 30.3 Å². The molecule has 0 saturated carbocycles. The van der Waals surface area contributed by atoms with Crippen molar-refractivity contribution in [3.63, 3.8) is 0 Å². The van der Waals surface area contributed by atoms with Crippen molar-refractivity contribution in [3.05, 3.63) is 83.4 Å². The van der Waals surface area contributed by atoms with E-state index in [0.717, 1.165) is 27.1 Å². The number of para-hydroxylation sites is 1. The summed E-state index contributed by atoms with van der Waals surface area (Å²) >= 11 is 0. The highest BCUT2D eigenvalue weighted by atomic mass is 16.8. The van der Waals surface area contributed by atoms with Gasteiger partial charge >= 0.3 is 18.2 Å². The Kier molecular flexibility index (Phi) is 7.37. The highest BCUT2D eigenvalue weighted by Gasteiger charge is 2.31. The van der Waals surface area contributed by atoms with E-state index in [-0.39, 0.29) is 25.7 Å². The second kappa shape index (κ2) is 11.0. The van der Waals surface area contributed by atoms with Gasteiger partial charge in [-0.15, -0.1) is 5.10 Å². The Morgan fingerprint density at radius 1 is 0.925 bits per heavy atom. The lowest BCUT2D eigenvalue weighted by molar-refractivity contribution is 0.0378. The van der Waals surface area contributed by atoms with Crippen LogP contribution in [-0.4, -0.2) is 58.7 Å². The number of nitrogens with zero attached hydrogens (tertiary/aromatic N) is 3. The highest BCUT2D eigenvalue weighted by Crippen LogP contribution is 2.45. The molecule has 1 N–H and O–H groups in total. The van der Waals surface area contributed by atoms with Crippen molar-refractivity contribution in [1.29, 1.82) is 0 Å². The third-order valence-corrected chi connectivity index (χ3v) is 6.14. The number of esters is 1. The second-order valence-corrected chi connectivity index (χ2v) is 10.1. The van der Waals surface area contributed by atoms with E-state index in [9.17, 15) is 14.4 Å². The minimum Gasteiger partial charge on any atom is -0.460 e. The first-order chi connectivity index (χ1) is 19.2. The molecule has 206 valence electrons. The summed E-state index contributed by atoms with van der Waals surface area (Å²) in [4.78, 5) is 43.3. The number of alkyl carbamates (subject to hydrolysis) is 1. The van der Waals surface area contributed by atoms with Crippen LogP contribution in [0.5, 0.6) is 0 Å². The highest BCUT2D eigenvalue weighted by molar-refractivity contribution is 5.92. The molecule has 0 fully saturated rings. The first-order valence-electron chi connectivity index (χ1n) is 12.7. The molecule has 0 radical (unpaired) electrons. The maximum absolute atomic E-state index is 12.8. The van der Waals surface area contributed by atoms with Gasteiger partial charge in [-0.3, -0.25) is 4.84 Å². The first kappa shape index (κ1) is 26.7. The van der Waals surface area contributed by atoms with E-state index in [2.05, 4.69) is 15.6 Å². The molecule has 1 aromatic heterocycles. The number of benzene rings is 3. The predicted octanol–water partition coefficient (Wildman–Crippen LogP) is 4.49. The molecular weight excluding hydrogens is 516 g/mol. The lowest BCUT2D eigenvalue weighted by Gasteiger charge is -2.19. The fourth-order valence-electron chi connectivity index (χ4n) is 4.47. The summed E-state index contributed by atoms with van der Waals surface area (Å²) in [7, 11) is 0. The van der Waals surface area contributed by atoms with E-state index in [0.29, 0.717) is 16.6 Å². The van der Waals surface area contributed by atoms with Crippen molar-refractivity contribution >= 4 is 29.3 Å². The number of hydrogen-bond acceptors (Lipinski definition) is 9. The molecule has 4 aromatic rings. The molecular formula is C29H28N4O7. The van der Waals surface area contributed by atoms with Crippen LogP contribution in [0.1, 0.15) is 48.2 Å². The van der Waals surface area contributed by atoms with Crippen molar-refractivity contribution in [2.75, 3.05) is 19.8 Å². The molecule has 40 heavy (non-hydrogen) atoms. The van der Waals surface area contributed by atoms with Gasteiger partial charge in [-0.25, -0.2) is 14.4 Å². The zero-order valence-corrected chi connectivity index (χ0v) is 22.2. The van der Waals surface area contributed by atoms with Crippen molar-refractivity contribution < 1.29 is 33.4 Å². The third kappa shape index (κ3) is 5.88. The van der Waals surface area contributed by atoms with Crippen LogP contribution in [0.4, 0.5) is 9.59 Å². The number of hydrogen-bond donors (Lipinski definition) is 1. The molecule has 0 aliphatic heterocycles. The van der Waals surface area contributed by atoms with Gasteiger partial charge in [0.1, 0.15) is 29.8 Å². The summed E-state index contributed by atoms with van der Waals surface area (Å²) in [5, 5.41) is 10.3. The fraction of sp³-hybridized carbons (Fsp3) is 0.276. The summed E-state index contributed by atoms with van der Waals surface area (Å²) < 4.78 is 16.0. The van der Waals surface area contributed by atoms with E-state index in [4.69, 9.17) is 19.0 Å². The van der Waals surface area contributed by atoms with E-state index < -0.39 is 23.8 Å². The van der Waals surface area contributed by atoms with Crippen LogP contribution in [0.25, 0.3) is 22.2 Å². The Labute approximate surface area is 229 Å². The normalized spacial score (nSPS) is 13.7. The predicted molar refractivity (Wildman–Crippen MR) is 144 cm³/mol. The Bertz CT molecular complexity index is 1570. The van der Waals surface area contributed by atoms with Crippen LogP contribution in [0.15, 0.2) is 66.7 Å². The first-order valence-corrected chi connectivity index (χ1v) is 12.7. The molecule has 0 bridgehead atoms. The fourth-order valence-corrected chi connectivity index (χ4v) is 4.47. The Morgan fingerprint density at radius 3 is 2.50 bits per heavy atom. The second-order valence-electron chi connectivity index (χ2n) is 10.1. The van der Waals surface area contributed by atoms with Crippen LogP contribution in [-0.2, 0) is 14.2 Å². The molecule has 1 amide bonds. The summed E-state index contributed by atoms with van der Waals surface area (Å²) in [6, 6.07) is 20.1. The van der Waals surface area contributed by atoms with Gasteiger partial charge in [0.25, 0.3) is 0 Å². The minimum absolute atomic E-state index is 0.0201. The number of amides is 1. The maximum atomic E-state index is 12.8. The van der Waals surface area contributed by atoms with Crippen LogP contribution in [0, 0.1) is 0 Å². The van der Waals surface area contributed by atoms with Gasteiger partial charge in [-0.1, -0.05) is 47.3 Å². The molecule has 5 rings (SSSR count). The summed E-state index contributed by atoms with van der Waals surface area (Å²) in [5.74, 6) is -0.866. The molecule has 11 nitrogen and oxygen atoms in total. The largest absolute Gasteiger partial charge is 0.535 e. The Hall–Kier alpha value is -4.93. The lowest BCUT2D eigenvalue weighted by atomic mass is 9.96. The van der Waals surface area contributed by atoms with Gasteiger partial charge in [0, 0.05) is 5.92 Å². The summed E-state index contributed by atoms with van der Waals surface area (Å²) in [6.07, 6.45) is -1.52. The molecule has 1 heterocycles. The van der Waals surface area contributed by atoms with Gasteiger partial charge in [0.05, 0.1) is 12.1 Å². The van der Waals surface area contributed by atoms with Crippen LogP contribution in [0.3, 0.4) is 0 Å². The van der Waals surface area contributed by atoms with Gasteiger partial charge in [-0.05, 0) is 72.5 Å². The Morgan fingerprint density at radius 2 is 1.68 bits per heavy atom. The average Bonchev–Trinajstić information content (AvgIpc) is 3.47. The van der Waals surface area contributed by atoms with Crippen LogP contribution >= 0.6 is 0 Å². The van der Waals surface area contributed by atoms with E-state index >= 15 is 0 Å². The summed E-state index contributed by atoms with van der Waals surface area (Å²) in [6.45, 7) is 5.35. The molecule has 0 spiro atoms. The quantitative estimate of drug-likeness (QED) is 0.155.